The fraction of sp³-hybridized carbons (Fsp3) is 0.717. The molecule has 0 saturated carbocycles. The van der Waals surface area contributed by atoms with Gasteiger partial charge in [0.15, 0.2) is 5.78 Å². The van der Waals surface area contributed by atoms with Crippen molar-refractivity contribution >= 4 is 53.0 Å². The predicted molar refractivity (Wildman–Crippen MR) is 298 cm³/mol. The van der Waals surface area contributed by atoms with Gasteiger partial charge in [-0.05, 0) is 94.4 Å². The number of hydrogen-bond acceptors (Lipinski definition) is 9. The highest BCUT2D eigenvalue weighted by Gasteiger charge is 2.48. The Bertz CT molecular complexity index is 2280. The Morgan fingerprint density at radius 3 is 1.55 bits per heavy atom. The average Bonchev–Trinajstić information content (AvgIpc) is 4.21. The Kier molecular flexibility index (Phi) is 23.8. The molecule has 10 atom stereocenters. The second-order valence-corrected chi connectivity index (χ2v) is 23.6. The first-order valence-electron chi connectivity index (χ1n) is 28.4. The van der Waals surface area contributed by atoms with E-state index in [0.717, 1.165) is 31.2 Å². The highest BCUT2D eigenvalue weighted by molar-refractivity contribution is 5.98. The van der Waals surface area contributed by atoms with Gasteiger partial charge in [0, 0.05) is 73.6 Å². The van der Waals surface area contributed by atoms with Gasteiger partial charge in [-0.1, -0.05) is 98.6 Å². The molecule has 17 nitrogen and oxygen atoms in total. The van der Waals surface area contributed by atoms with Gasteiger partial charge in [-0.15, -0.1) is 12.3 Å². The number of unbranched alkanes of at least 4 members (excludes halogenated alkanes) is 2. The molecule has 3 aliphatic heterocycles. The summed E-state index contributed by atoms with van der Waals surface area (Å²) in [5, 5.41) is 0. The van der Waals surface area contributed by atoms with Crippen molar-refractivity contribution in [1.29, 1.82) is 0 Å². The number of likely N-dealkylation sites (N-methyl/N-ethyl adjacent to an activating group) is 5. The fourth-order valence-corrected chi connectivity index (χ4v) is 12.2. The van der Waals surface area contributed by atoms with Crippen LogP contribution in [0.25, 0.3) is 0 Å². The standard InChI is InChI=1S/C60H94N8O9/c1-17-18-19-21-27-41(8)36-42(9)53(70)61(12)43(10)54(71)67-34-25-31-47(67)55(72)63(14)51(39(4)5)59(76)65(16)52(40(6)7)60(77)64(15)50(38(2)3)58(75)62(13)49(37-45-28-22-20-23-29-45)57(74)68-35-26-32-48(68)56(73)66-33-24-30-46(66)44(11)69/h1,20,22-23,28-29,38-43,46-52H,18-19,21,24-27,30-37H2,2-16H3/t41-,42+,43-,46?,47-,48-,49-,50-,51-,52-/m0/s1. The predicted octanol–water partition coefficient (Wildman–Crippen LogP) is 5.77. The molecule has 0 spiro atoms. The van der Waals surface area contributed by atoms with E-state index < -0.39 is 95.6 Å². The number of carbonyl (C=O) groups excluding carboxylic acids is 9. The molecule has 0 aliphatic carbocycles. The van der Waals surface area contributed by atoms with Gasteiger partial charge in [0.25, 0.3) is 0 Å². The van der Waals surface area contributed by atoms with E-state index in [4.69, 9.17) is 6.42 Å². The van der Waals surface area contributed by atoms with E-state index >= 15 is 9.59 Å². The first-order valence-corrected chi connectivity index (χ1v) is 28.4. The smallest absolute Gasteiger partial charge is 0.246 e. The third-order valence-electron chi connectivity index (χ3n) is 16.7. The van der Waals surface area contributed by atoms with E-state index in [1.165, 1.54) is 50.4 Å². The Balaban J connectivity index is 1.54. The molecular formula is C60H94N8O9. The summed E-state index contributed by atoms with van der Waals surface area (Å²) in [4.78, 5) is 141. The van der Waals surface area contributed by atoms with Crippen LogP contribution in [0.4, 0.5) is 0 Å². The van der Waals surface area contributed by atoms with Crippen molar-refractivity contribution in [3.63, 3.8) is 0 Å². The Labute approximate surface area is 461 Å². The third-order valence-corrected chi connectivity index (χ3v) is 16.7. The minimum absolute atomic E-state index is 0.0875. The minimum atomic E-state index is -1.07. The van der Waals surface area contributed by atoms with Crippen LogP contribution in [0.2, 0.25) is 0 Å². The second kappa shape index (κ2) is 28.7. The zero-order valence-electron chi connectivity index (χ0n) is 49.3. The zero-order valence-corrected chi connectivity index (χ0v) is 49.3. The number of nitrogens with zero attached hydrogens (tertiary/aromatic N) is 8. The van der Waals surface area contributed by atoms with E-state index in [9.17, 15) is 33.6 Å². The molecule has 3 saturated heterocycles. The first kappa shape index (κ1) is 63.7. The number of ketones is 1. The van der Waals surface area contributed by atoms with Crippen LogP contribution in [0.1, 0.15) is 145 Å². The Hall–Kier alpha value is -5.79. The van der Waals surface area contributed by atoms with Crippen molar-refractivity contribution < 1.29 is 43.2 Å². The maximum atomic E-state index is 15.1. The molecule has 1 aromatic carbocycles. The molecule has 3 aliphatic rings. The van der Waals surface area contributed by atoms with E-state index in [0.29, 0.717) is 70.5 Å². The molecule has 0 N–H and O–H groups in total. The van der Waals surface area contributed by atoms with Gasteiger partial charge < -0.3 is 39.2 Å². The number of amides is 8. The molecule has 3 heterocycles. The van der Waals surface area contributed by atoms with Gasteiger partial charge in [0.1, 0.15) is 42.3 Å². The summed E-state index contributed by atoms with van der Waals surface area (Å²) in [6, 6.07) is 2.11. The topological polar surface area (TPSA) is 180 Å². The van der Waals surface area contributed by atoms with Gasteiger partial charge in [0.2, 0.25) is 47.3 Å². The van der Waals surface area contributed by atoms with Gasteiger partial charge >= 0.3 is 0 Å². The molecule has 77 heavy (non-hydrogen) atoms. The summed E-state index contributed by atoms with van der Waals surface area (Å²) in [5.41, 5.74) is 0.799. The molecule has 0 radical (unpaired) electrons. The van der Waals surface area contributed by atoms with Crippen molar-refractivity contribution in [2.24, 2.45) is 29.6 Å². The molecule has 0 bridgehead atoms. The lowest BCUT2D eigenvalue weighted by Gasteiger charge is -2.42. The molecule has 1 aromatic rings. The molecule has 1 unspecified atom stereocenters. The number of hydrogen-bond donors (Lipinski definition) is 0. The van der Waals surface area contributed by atoms with E-state index in [2.05, 4.69) is 12.8 Å². The number of rotatable bonds is 25. The number of Topliss-reactive ketones (excluding diaryl/α,β-unsaturated/α-hetero) is 1. The van der Waals surface area contributed by atoms with Gasteiger partial charge in [-0.3, -0.25) is 43.2 Å². The number of benzene rings is 1. The number of carbonyl (C=O) groups is 9. The highest BCUT2D eigenvalue weighted by atomic mass is 16.2. The summed E-state index contributed by atoms with van der Waals surface area (Å²) < 4.78 is 0. The van der Waals surface area contributed by atoms with Crippen molar-refractivity contribution in [3.05, 3.63) is 35.9 Å². The monoisotopic (exact) mass is 1070 g/mol. The van der Waals surface area contributed by atoms with Crippen molar-refractivity contribution in [2.75, 3.05) is 54.9 Å². The van der Waals surface area contributed by atoms with E-state index in [1.54, 1.807) is 37.9 Å². The molecule has 8 amide bonds. The molecule has 428 valence electrons. The minimum Gasteiger partial charge on any atom is -0.334 e. The molecule has 17 heteroatoms. The summed E-state index contributed by atoms with van der Waals surface area (Å²) in [6.07, 6.45) is 13.1. The average molecular weight is 1070 g/mol. The lowest BCUT2D eigenvalue weighted by molar-refractivity contribution is -0.159. The lowest BCUT2D eigenvalue weighted by atomic mass is 9.91. The molecule has 0 aromatic heterocycles. The number of likely N-dealkylation sites (tertiary alicyclic amines) is 3. The molecular weight excluding hydrogens is 977 g/mol. The van der Waals surface area contributed by atoms with Crippen LogP contribution in [0.3, 0.4) is 0 Å². The summed E-state index contributed by atoms with van der Waals surface area (Å²) in [6.45, 7) is 19.2. The van der Waals surface area contributed by atoms with Crippen molar-refractivity contribution in [3.8, 4) is 12.3 Å². The van der Waals surface area contributed by atoms with Crippen molar-refractivity contribution in [1.82, 2.24) is 39.2 Å². The largest absolute Gasteiger partial charge is 0.334 e. The summed E-state index contributed by atoms with van der Waals surface area (Å²) in [5.74, 6) is -1.75. The molecule has 4 rings (SSSR count). The van der Waals surface area contributed by atoms with Crippen LogP contribution in [-0.4, -0.2) is 195 Å². The zero-order chi connectivity index (χ0) is 57.7. The van der Waals surface area contributed by atoms with Crippen LogP contribution >= 0.6 is 0 Å². The van der Waals surface area contributed by atoms with Crippen LogP contribution in [-0.2, 0) is 49.6 Å². The fourth-order valence-electron chi connectivity index (χ4n) is 12.2. The summed E-state index contributed by atoms with van der Waals surface area (Å²) >= 11 is 0. The SMILES string of the molecule is C#CCCCC[C@H](C)C[C@@H](C)C(=O)N(C)[C@@H](C)C(=O)N1CCC[C@H]1C(=O)N(C)[C@H](C(=O)N(C)[C@H](C(=O)N(C)[C@H](C(=O)N(C)[C@@H](Cc1ccccc1)C(=O)N1CCC[C@H]1C(=O)N1CCCC1C(C)=O)C(C)C)C(C)C)C(C)C. The first-order chi connectivity index (χ1) is 36.2. The van der Waals surface area contributed by atoms with Crippen LogP contribution < -0.4 is 0 Å². The Morgan fingerprint density at radius 1 is 0.571 bits per heavy atom. The van der Waals surface area contributed by atoms with Crippen LogP contribution in [0.5, 0.6) is 0 Å². The number of terminal acetylenes is 1. The summed E-state index contributed by atoms with van der Waals surface area (Å²) in [7, 11) is 7.82. The van der Waals surface area contributed by atoms with Gasteiger partial charge in [0.05, 0.1) is 6.04 Å². The second-order valence-electron chi connectivity index (χ2n) is 23.6. The third kappa shape index (κ3) is 15.3. The van der Waals surface area contributed by atoms with E-state index in [-0.39, 0.29) is 35.8 Å². The van der Waals surface area contributed by atoms with Gasteiger partial charge in [-0.2, -0.15) is 0 Å². The highest BCUT2D eigenvalue weighted by Crippen LogP contribution is 2.30. The molecule has 3 fully saturated rings. The Morgan fingerprint density at radius 2 is 1.04 bits per heavy atom. The normalized spacial score (nSPS) is 20.2. The van der Waals surface area contributed by atoms with Crippen molar-refractivity contribution in [2.45, 2.75) is 195 Å². The maximum Gasteiger partial charge on any atom is 0.246 e. The van der Waals surface area contributed by atoms with Gasteiger partial charge in [-0.25, -0.2) is 0 Å². The maximum absolute atomic E-state index is 15.1. The van der Waals surface area contributed by atoms with Crippen LogP contribution in [0.15, 0.2) is 30.3 Å². The van der Waals surface area contributed by atoms with E-state index in [1.807, 2.05) is 78.8 Å². The van der Waals surface area contributed by atoms with Crippen LogP contribution in [0, 0.1) is 41.9 Å². The quantitative estimate of drug-likeness (QED) is 0.0869. The lowest BCUT2D eigenvalue weighted by Crippen LogP contribution is -2.62.